The van der Waals surface area contributed by atoms with Gasteiger partial charge in [-0.2, -0.15) is 0 Å². The molecule has 0 fully saturated rings. The summed E-state index contributed by atoms with van der Waals surface area (Å²) in [5.41, 5.74) is 0. The topological polar surface area (TPSA) is 29.5 Å². The molecular weight excluding hydrogens is 166 g/mol. The van der Waals surface area contributed by atoms with Crippen LogP contribution in [-0.4, -0.2) is 37.6 Å². The maximum atomic E-state index is 9.68. The molecule has 0 atom stereocenters. The molecule has 0 saturated carbocycles. The van der Waals surface area contributed by atoms with E-state index < -0.39 is 0 Å². The average molecular weight is 186 g/mol. The highest BCUT2D eigenvalue weighted by Crippen LogP contribution is 1.98. The molecule has 0 aromatic carbocycles. The maximum absolute atomic E-state index is 9.68. The second kappa shape index (κ2) is 9.52. The molecule has 0 bridgehead atoms. The summed E-state index contributed by atoms with van der Waals surface area (Å²) in [6, 6.07) is 0. The molecule has 0 amide bonds. The van der Waals surface area contributed by atoms with Crippen molar-refractivity contribution in [2.75, 3.05) is 26.2 Å². The van der Waals surface area contributed by atoms with Gasteiger partial charge in [-0.15, -0.1) is 0 Å². The van der Waals surface area contributed by atoms with Crippen LogP contribution in [0.5, 0.6) is 0 Å². The fourth-order valence-electron chi connectivity index (χ4n) is 1.27. The summed E-state index contributed by atoms with van der Waals surface area (Å²) < 4.78 is 4.47. The molecule has 0 spiro atoms. The number of nitrogens with zero attached hydrogens (tertiary/aromatic N) is 1. The van der Waals surface area contributed by atoms with Crippen LogP contribution < -0.4 is 0 Å². The predicted octanol–water partition coefficient (Wildman–Crippen LogP) is 1.58. The SMILES string of the molecule is CCN(CC)CCCCCO[C]=O. The van der Waals surface area contributed by atoms with Crippen LogP contribution in [0.4, 0.5) is 0 Å². The molecule has 0 N–H and O–H groups in total. The third-order valence-corrected chi connectivity index (χ3v) is 2.17. The zero-order valence-corrected chi connectivity index (χ0v) is 8.71. The van der Waals surface area contributed by atoms with E-state index in [1.807, 2.05) is 0 Å². The summed E-state index contributed by atoms with van der Waals surface area (Å²) in [5.74, 6) is 0. The van der Waals surface area contributed by atoms with E-state index in [1.165, 1.54) is 12.9 Å². The van der Waals surface area contributed by atoms with Gasteiger partial charge in [-0.1, -0.05) is 13.8 Å². The van der Waals surface area contributed by atoms with Gasteiger partial charge in [0.05, 0.1) is 6.61 Å². The second-order valence-electron chi connectivity index (χ2n) is 3.02. The van der Waals surface area contributed by atoms with E-state index in [4.69, 9.17) is 0 Å². The quantitative estimate of drug-likeness (QED) is 0.512. The lowest BCUT2D eigenvalue weighted by atomic mass is 10.2. The minimum absolute atomic E-state index is 0.516. The first-order valence-electron chi connectivity index (χ1n) is 5.06. The Morgan fingerprint density at radius 2 is 1.85 bits per heavy atom. The van der Waals surface area contributed by atoms with Crippen molar-refractivity contribution in [2.24, 2.45) is 0 Å². The lowest BCUT2D eigenvalue weighted by molar-refractivity contribution is 0.258. The maximum Gasteiger partial charge on any atom is 0.417 e. The van der Waals surface area contributed by atoms with Crippen molar-refractivity contribution in [3.8, 4) is 0 Å². The monoisotopic (exact) mass is 186 g/mol. The van der Waals surface area contributed by atoms with E-state index in [0.29, 0.717) is 6.61 Å². The van der Waals surface area contributed by atoms with Crippen LogP contribution in [0.25, 0.3) is 0 Å². The minimum Gasteiger partial charge on any atom is -0.457 e. The first-order valence-corrected chi connectivity index (χ1v) is 5.06. The zero-order chi connectivity index (χ0) is 9.94. The fourth-order valence-corrected chi connectivity index (χ4v) is 1.27. The standard InChI is InChI=1S/C10H20NO2/c1-3-11(4-2)8-6-5-7-9-13-10-12/h3-9H2,1-2H3. The average Bonchev–Trinajstić information content (AvgIpc) is 2.17. The van der Waals surface area contributed by atoms with Crippen LogP contribution in [0.2, 0.25) is 0 Å². The molecule has 0 rings (SSSR count). The Balaban J connectivity index is 3.09. The highest BCUT2D eigenvalue weighted by atomic mass is 16.5. The van der Waals surface area contributed by atoms with Crippen molar-refractivity contribution in [3.63, 3.8) is 0 Å². The van der Waals surface area contributed by atoms with Crippen molar-refractivity contribution in [1.82, 2.24) is 4.90 Å². The molecule has 13 heavy (non-hydrogen) atoms. The first kappa shape index (κ1) is 12.4. The summed E-state index contributed by atoms with van der Waals surface area (Å²) in [4.78, 5) is 12.1. The van der Waals surface area contributed by atoms with Gasteiger partial charge in [0.2, 0.25) is 0 Å². The molecule has 0 aliphatic heterocycles. The zero-order valence-electron chi connectivity index (χ0n) is 8.71. The molecular formula is C10H20NO2. The first-order chi connectivity index (χ1) is 6.35. The molecule has 0 aliphatic rings. The van der Waals surface area contributed by atoms with E-state index in [1.54, 1.807) is 0 Å². The molecule has 3 heteroatoms. The molecule has 0 saturated heterocycles. The number of unbranched alkanes of at least 4 members (excludes halogenated alkanes) is 2. The van der Waals surface area contributed by atoms with E-state index >= 15 is 0 Å². The molecule has 1 radical (unpaired) electrons. The number of rotatable bonds is 9. The van der Waals surface area contributed by atoms with Gasteiger partial charge in [-0.25, -0.2) is 4.79 Å². The van der Waals surface area contributed by atoms with Gasteiger partial charge >= 0.3 is 6.47 Å². The van der Waals surface area contributed by atoms with Crippen LogP contribution >= 0.6 is 0 Å². The van der Waals surface area contributed by atoms with Gasteiger partial charge in [0, 0.05) is 0 Å². The largest absolute Gasteiger partial charge is 0.457 e. The Hall–Kier alpha value is -0.570. The Labute approximate surface area is 81.1 Å². The number of hydrogen-bond donors (Lipinski definition) is 0. The normalized spacial score (nSPS) is 10.4. The third kappa shape index (κ3) is 7.78. The van der Waals surface area contributed by atoms with Crippen molar-refractivity contribution < 1.29 is 9.53 Å². The third-order valence-electron chi connectivity index (χ3n) is 2.17. The summed E-state index contributed by atoms with van der Waals surface area (Å²) in [7, 11) is 0. The highest BCUT2D eigenvalue weighted by Gasteiger charge is 1.97. The molecule has 3 nitrogen and oxygen atoms in total. The summed E-state index contributed by atoms with van der Waals surface area (Å²) in [6.45, 7) is 9.68. The van der Waals surface area contributed by atoms with Crippen LogP contribution in [0.15, 0.2) is 0 Å². The van der Waals surface area contributed by atoms with E-state index in [9.17, 15) is 4.79 Å². The lowest BCUT2D eigenvalue weighted by Gasteiger charge is -2.17. The van der Waals surface area contributed by atoms with Crippen molar-refractivity contribution >= 4 is 6.47 Å². The fraction of sp³-hybridized carbons (Fsp3) is 0.900. The van der Waals surface area contributed by atoms with Crippen LogP contribution in [-0.2, 0) is 9.53 Å². The Bertz CT molecular complexity index is 113. The minimum atomic E-state index is 0.516. The van der Waals surface area contributed by atoms with Crippen LogP contribution in [0.3, 0.4) is 0 Å². The van der Waals surface area contributed by atoms with Gasteiger partial charge in [0.15, 0.2) is 0 Å². The van der Waals surface area contributed by atoms with Crippen molar-refractivity contribution in [2.45, 2.75) is 33.1 Å². The Morgan fingerprint density at radius 1 is 1.15 bits per heavy atom. The Kier molecular flexibility index (Phi) is 9.10. The van der Waals surface area contributed by atoms with Gasteiger partial charge < -0.3 is 9.64 Å². The number of ether oxygens (including phenoxy) is 1. The molecule has 0 aromatic heterocycles. The molecule has 0 aromatic rings. The summed E-state index contributed by atoms with van der Waals surface area (Å²) >= 11 is 0. The summed E-state index contributed by atoms with van der Waals surface area (Å²) in [6.07, 6.45) is 3.26. The lowest BCUT2D eigenvalue weighted by Crippen LogP contribution is -2.23. The predicted molar refractivity (Wildman–Crippen MR) is 53.3 cm³/mol. The highest BCUT2D eigenvalue weighted by molar-refractivity contribution is 5.37. The molecule has 77 valence electrons. The second-order valence-corrected chi connectivity index (χ2v) is 3.02. The molecule has 0 aliphatic carbocycles. The van der Waals surface area contributed by atoms with Gasteiger partial charge in [-0.3, -0.25) is 0 Å². The number of carbonyl (C=O) groups excluding carboxylic acids is 1. The van der Waals surface area contributed by atoms with Gasteiger partial charge in [0.25, 0.3) is 0 Å². The molecule has 0 unspecified atom stereocenters. The van der Waals surface area contributed by atoms with E-state index in [2.05, 4.69) is 23.5 Å². The van der Waals surface area contributed by atoms with Crippen LogP contribution in [0.1, 0.15) is 33.1 Å². The molecule has 0 heterocycles. The summed E-state index contributed by atoms with van der Waals surface area (Å²) in [5, 5.41) is 0. The van der Waals surface area contributed by atoms with Crippen molar-refractivity contribution in [1.29, 1.82) is 0 Å². The van der Waals surface area contributed by atoms with Gasteiger partial charge in [0.1, 0.15) is 0 Å². The van der Waals surface area contributed by atoms with Gasteiger partial charge in [-0.05, 0) is 38.9 Å². The van der Waals surface area contributed by atoms with Crippen LogP contribution in [0, 0.1) is 0 Å². The number of hydrogen-bond acceptors (Lipinski definition) is 3. The smallest absolute Gasteiger partial charge is 0.417 e. The Morgan fingerprint density at radius 3 is 2.38 bits per heavy atom. The van der Waals surface area contributed by atoms with E-state index in [-0.39, 0.29) is 0 Å². The van der Waals surface area contributed by atoms with E-state index in [0.717, 1.165) is 32.5 Å². The van der Waals surface area contributed by atoms with Crippen molar-refractivity contribution in [3.05, 3.63) is 0 Å².